The van der Waals surface area contributed by atoms with Crippen molar-refractivity contribution in [3.05, 3.63) is 59.9 Å². The van der Waals surface area contributed by atoms with E-state index >= 15 is 0 Å². The van der Waals surface area contributed by atoms with Gasteiger partial charge >= 0.3 is 0 Å². The van der Waals surface area contributed by atoms with Crippen LogP contribution in [0.5, 0.6) is 0 Å². The molecule has 2 aromatic carbocycles. The van der Waals surface area contributed by atoms with Crippen molar-refractivity contribution < 1.29 is 4.39 Å². The zero-order valence-electron chi connectivity index (χ0n) is 10.8. The van der Waals surface area contributed by atoms with Crippen LogP contribution in [0, 0.1) is 5.82 Å². The lowest BCUT2D eigenvalue weighted by molar-refractivity contribution is 0.589. The first-order valence-corrected chi connectivity index (χ1v) is 6.23. The lowest BCUT2D eigenvalue weighted by atomic mass is 10.0. The Morgan fingerprint density at radius 1 is 0.889 bits per heavy atom. The molecule has 0 amide bonds. The van der Waals surface area contributed by atoms with Crippen molar-refractivity contribution >= 4 is 0 Å². The van der Waals surface area contributed by atoms with Gasteiger partial charge in [-0.1, -0.05) is 50.2 Å². The van der Waals surface area contributed by atoms with Crippen LogP contribution >= 0.6 is 0 Å². The van der Waals surface area contributed by atoms with Gasteiger partial charge < -0.3 is 5.32 Å². The third-order valence-corrected chi connectivity index (χ3v) is 2.85. The molecule has 0 saturated carbocycles. The molecule has 0 fully saturated rings. The molecule has 0 aliphatic heterocycles. The number of rotatable bonds is 4. The summed E-state index contributed by atoms with van der Waals surface area (Å²) in [7, 11) is 0. The average Bonchev–Trinajstić information content (AvgIpc) is 2.38. The normalized spacial score (nSPS) is 10.9. The summed E-state index contributed by atoms with van der Waals surface area (Å²) in [4.78, 5) is 0. The minimum absolute atomic E-state index is 0.198. The molecule has 2 heteroatoms. The molecular weight excluding hydrogens is 225 g/mol. The first-order valence-electron chi connectivity index (χ1n) is 6.23. The fourth-order valence-electron chi connectivity index (χ4n) is 1.78. The second-order valence-corrected chi connectivity index (χ2v) is 4.74. The summed E-state index contributed by atoms with van der Waals surface area (Å²) in [5.41, 5.74) is 3.41. The zero-order valence-corrected chi connectivity index (χ0v) is 10.8. The highest BCUT2D eigenvalue weighted by Gasteiger charge is 1.99. The van der Waals surface area contributed by atoms with E-state index in [1.807, 2.05) is 0 Å². The van der Waals surface area contributed by atoms with Crippen LogP contribution in [0.3, 0.4) is 0 Å². The summed E-state index contributed by atoms with van der Waals surface area (Å²) in [5, 5.41) is 3.38. The first kappa shape index (κ1) is 12.8. The van der Waals surface area contributed by atoms with Crippen molar-refractivity contribution in [1.82, 2.24) is 5.32 Å². The van der Waals surface area contributed by atoms with Gasteiger partial charge in [-0.3, -0.25) is 0 Å². The summed E-state index contributed by atoms with van der Waals surface area (Å²) in [5.74, 6) is -0.198. The van der Waals surface area contributed by atoms with Gasteiger partial charge in [0.15, 0.2) is 0 Å². The molecule has 1 N–H and O–H groups in total. The van der Waals surface area contributed by atoms with Crippen LogP contribution < -0.4 is 5.32 Å². The van der Waals surface area contributed by atoms with Gasteiger partial charge in [-0.2, -0.15) is 0 Å². The molecule has 94 valence electrons. The molecule has 0 radical (unpaired) electrons. The number of hydrogen-bond acceptors (Lipinski definition) is 1. The molecule has 2 aromatic rings. The monoisotopic (exact) mass is 243 g/mol. The third-order valence-electron chi connectivity index (χ3n) is 2.85. The van der Waals surface area contributed by atoms with Gasteiger partial charge in [-0.15, -0.1) is 0 Å². The summed E-state index contributed by atoms with van der Waals surface area (Å²) in [6.07, 6.45) is 0. The van der Waals surface area contributed by atoms with Gasteiger partial charge in [-0.05, 0) is 28.8 Å². The van der Waals surface area contributed by atoms with Gasteiger partial charge in [0.05, 0.1) is 0 Å². The topological polar surface area (TPSA) is 12.0 Å². The molecule has 0 atom stereocenters. The van der Waals surface area contributed by atoms with Crippen molar-refractivity contribution in [3.8, 4) is 11.1 Å². The highest BCUT2D eigenvalue weighted by molar-refractivity contribution is 5.63. The molecule has 1 nitrogen and oxygen atoms in total. The van der Waals surface area contributed by atoms with E-state index in [1.165, 1.54) is 17.7 Å². The van der Waals surface area contributed by atoms with Gasteiger partial charge in [0.1, 0.15) is 5.82 Å². The van der Waals surface area contributed by atoms with Crippen LogP contribution in [0.25, 0.3) is 11.1 Å². The highest BCUT2D eigenvalue weighted by atomic mass is 19.1. The van der Waals surface area contributed by atoms with Crippen LogP contribution in [0.15, 0.2) is 48.5 Å². The summed E-state index contributed by atoms with van der Waals surface area (Å²) >= 11 is 0. The molecule has 2 rings (SSSR count). The highest BCUT2D eigenvalue weighted by Crippen LogP contribution is 2.20. The van der Waals surface area contributed by atoms with E-state index in [2.05, 4.69) is 43.4 Å². The number of halogens is 1. The Bertz CT molecular complexity index is 486. The molecule has 0 bridgehead atoms. The smallest absolute Gasteiger partial charge is 0.123 e. The Morgan fingerprint density at radius 2 is 1.39 bits per heavy atom. The number of benzene rings is 2. The molecule has 0 spiro atoms. The first-order chi connectivity index (χ1) is 8.65. The van der Waals surface area contributed by atoms with Crippen molar-refractivity contribution in [3.63, 3.8) is 0 Å². The van der Waals surface area contributed by atoms with Gasteiger partial charge in [0, 0.05) is 12.6 Å². The quantitative estimate of drug-likeness (QED) is 0.856. The Kier molecular flexibility index (Phi) is 4.11. The van der Waals surface area contributed by atoms with Gasteiger partial charge in [0.25, 0.3) is 0 Å². The van der Waals surface area contributed by atoms with Crippen LogP contribution in [0.2, 0.25) is 0 Å². The van der Waals surface area contributed by atoms with Crippen molar-refractivity contribution in [2.75, 3.05) is 0 Å². The van der Waals surface area contributed by atoms with E-state index in [4.69, 9.17) is 0 Å². The standard InChI is InChI=1S/C16H18FN/c1-12(2)18-11-13-3-5-14(6-4-13)15-7-9-16(17)10-8-15/h3-10,12,18H,11H2,1-2H3. The van der Waals surface area contributed by atoms with Gasteiger partial charge in [-0.25, -0.2) is 4.39 Å². The van der Waals surface area contributed by atoms with Crippen LogP contribution in [-0.4, -0.2) is 6.04 Å². The van der Waals surface area contributed by atoms with Gasteiger partial charge in [0.2, 0.25) is 0 Å². The van der Waals surface area contributed by atoms with E-state index in [9.17, 15) is 4.39 Å². The molecule has 18 heavy (non-hydrogen) atoms. The average molecular weight is 243 g/mol. The Labute approximate surface area is 108 Å². The minimum Gasteiger partial charge on any atom is -0.310 e. The zero-order chi connectivity index (χ0) is 13.0. The molecule has 0 heterocycles. The Morgan fingerprint density at radius 3 is 1.89 bits per heavy atom. The fraction of sp³-hybridized carbons (Fsp3) is 0.250. The molecule has 0 aliphatic carbocycles. The SMILES string of the molecule is CC(C)NCc1ccc(-c2ccc(F)cc2)cc1. The molecule has 0 aromatic heterocycles. The van der Waals surface area contributed by atoms with Crippen LogP contribution in [0.4, 0.5) is 4.39 Å². The molecule has 0 saturated heterocycles. The third kappa shape index (κ3) is 3.41. The minimum atomic E-state index is -0.198. The van der Waals surface area contributed by atoms with Crippen molar-refractivity contribution in [2.45, 2.75) is 26.4 Å². The van der Waals surface area contributed by atoms with E-state index < -0.39 is 0 Å². The summed E-state index contributed by atoms with van der Waals surface area (Å²) in [6, 6.07) is 15.4. The molecule has 0 aliphatic rings. The van der Waals surface area contributed by atoms with Crippen molar-refractivity contribution in [2.24, 2.45) is 0 Å². The van der Waals surface area contributed by atoms with Crippen LogP contribution in [0.1, 0.15) is 19.4 Å². The summed E-state index contributed by atoms with van der Waals surface area (Å²) < 4.78 is 12.8. The van der Waals surface area contributed by atoms with E-state index in [0.717, 1.165) is 17.7 Å². The van der Waals surface area contributed by atoms with Crippen LogP contribution in [-0.2, 0) is 6.54 Å². The number of nitrogens with one attached hydrogen (secondary N) is 1. The fourth-order valence-corrected chi connectivity index (χ4v) is 1.78. The predicted molar refractivity (Wildman–Crippen MR) is 73.8 cm³/mol. The second kappa shape index (κ2) is 5.78. The van der Waals surface area contributed by atoms with Crippen molar-refractivity contribution in [1.29, 1.82) is 0 Å². The lowest BCUT2D eigenvalue weighted by Crippen LogP contribution is -2.21. The lowest BCUT2D eigenvalue weighted by Gasteiger charge is -2.08. The van der Waals surface area contributed by atoms with E-state index in [1.54, 1.807) is 12.1 Å². The molecule has 0 unspecified atom stereocenters. The second-order valence-electron chi connectivity index (χ2n) is 4.74. The van der Waals surface area contributed by atoms with E-state index in [-0.39, 0.29) is 5.82 Å². The molecular formula is C16H18FN. The Hall–Kier alpha value is -1.67. The Balaban J connectivity index is 2.09. The summed E-state index contributed by atoms with van der Waals surface area (Å²) in [6.45, 7) is 5.14. The maximum Gasteiger partial charge on any atom is 0.123 e. The largest absolute Gasteiger partial charge is 0.310 e. The predicted octanol–water partition coefficient (Wildman–Crippen LogP) is 3.99. The maximum atomic E-state index is 12.8. The number of hydrogen-bond donors (Lipinski definition) is 1. The van der Waals surface area contributed by atoms with E-state index in [0.29, 0.717) is 6.04 Å². The maximum absolute atomic E-state index is 12.8.